The molecule has 0 aliphatic heterocycles. The number of aromatic nitrogens is 3. The van der Waals surface area contributed by atoms with E-state index in [4.69, 9.17) is 15.4 Å². The molecule has 1 aromatic heterocycles. The first-order valence-corrected chi connectivity index (χ1v) is 6.59. The van der Waals surface area contributed by atoms with E-state index in [0.29, 0.717) is 6.61 Å². The molecule has 0 N–H and O–H groups in total. The summed E-state index contributed by atoms with van der Waals surface area (Å²) in [4.78, 5) is 0. The largest absolute Gasteiger partial charge is 0.383 e. The summed E-state index contributed by atoms with van der Waals surface area (Å²) in [5.41, 5.74) is 0. The number of methoxy groups -OCH3 is 1. The summed E-state index contributed by atoms with van der Waals surface area (Å²) in [5, 5.41) is 6.99. The Morgan fingerprint density at radius 2 is 2.29 bits per heavy atom. The molecule has 0 aliphatic rings. The number of ether oxygens (including phenoxy) is 1. The van der Waals surface area contributed by atoms with E-state index >= 15 is 0 Å². The number of hydrogen-bond acceptors (Lipinski definition) is 5. The standard InChI is InChI=1S/C5H7BrClN3O3S/c1-13-3-2-10-5(14(7,11)12)4(6)8-9-10/h2-3H2,1H3. The molecule has 1 heterocycles. The normalized spacial score (nSPS) is 11.9. The van der Waals surface area contributed by atoms with Gasteiger partial charge in [-0.05, 0) is 15.9 Å². The van der Waals surface area contributed by atoms with Gasteiger partial charge in [0.15, 0.2) is 4.60 Å². The second-order valence-corrected chi connectivity index (χ2v) is 5.57. The first-order chi connectivity index (χ1) is 6.46. The molecule has 1 rings (SSSR count). The molecule has 14 heavy (non-hydrogen) atoms. The highest BCUT2D eigenvalue weighted by Gasteiger charge is 2.22. The summed E-state index contributed by atoms with van der Waals surface area (Å²) in [6.07, 6.45) is 0. The molecule has 0 spiro atoms. The lowest BCUT2D eigenvalue weighted by molar-refractivity contribution is 0.180. The molecule has 0 radical (unpaired) electrons. The molecule has 1 aromatic rings. The summed E-state index contributed by atoms with van der Waals surface area (Å²) in [6, 6.07) is 0. The molecule has 0 atom stereocenters. The van der Waals surface area contributed by atoms with Gasteiger partial charge in [0.05, 0.1) is 13.2 Å². The Labute approximate surface area is 93.7 Å². The van der Waals surface area contributed by atoms with Crippen LogP contribution in [0.5, 0.6) is 0 Å². The summed E-state index contributed by atoms with van der Waals surface area (Å²) >= 11 is 2.95. The molecule has 0 saturated heterocycles. The van der Waals surface area contributed by atoms with Gasteiger partial charge in [0, 0.05) is 17.8 Å². The second kappa shape index (κ2) is 4.56. The Bertz CT molecular complexity index is 418. The van der Waals surface area contributed by atoms with Gasteiger partial charge in [0.25, 0.3) is 9.05 Å². The third kappa shape index (κ3) is 2.66. The van der Waals surface area contributed by atoms with Crippen molar-refractivity contribution < 1.29 is 13.2 Å². The number of hydrogen-bond donors (Lipinski definition) is 0. The molecule has 0 aromatic carbocycles. The maximum Gasteiger partial charge on any atom is 0.281 e. The van der Waals surface area contributed by atoms with Crippen LogP contribution in [0.25, 0.3) is 0 Å². The molecule has 0 saturated carbocycles. The van der Waals surface area contributed by atoms with Crippen molar-refractivity contribution in [2.45, 2.75) is 11.6 Å². The second-order valence-electron chi connectivity index (χ2n) is 2.34. The minimum atomic E-state index is -3.84. The van der Waals surface area contributed by atoms with Crippen LogP contribution in [0.1, 0.15) is 0 Å². The Kier molecular flexibility index (Phi) is 3.87. The van der Waals surface area contributed by atoms with Crippen molar-refractivity contribution in [1.29, 1.82) is 0 Å². The Morgan fingerprint density at radius 1 is 1.64 bits per heavy atom. The molecule has 0 aliphatic carbocycles. The van der Waals surface area contributed by atoms with Gasteiger partial charge in [-0.3, -0.25) is 0 Å². The summed E-state index contributed by atoms with van der Waals surface area (Å²) in [7, 11) is 2.85. The van der Waals surface area contributed by atoms with Gasteiger partial charge in [0.2, 0.25) is 5.03 Å². The van der Waals surface area contributed by atoms with Crippen LogP contribution in [0.2, 0.25) is 0 Å². The molecular formula is C5H7BrClN3O3S. The van der Waals surface area contributed by atoms with Crippen molar-refractivity contribution in [2.24, 2.45) is 0 Å². The monoisotopic (exact) mass is 303 g/mol. The zero-order chi connectivity index (χ0) is 10.8. The van der Waals surface area contributed by atoms with Crippen LogP contribution in [0.4, 0.5) is 0 Å². The zero-order valence-corrected chi connectivity index (χ0v) is 10.3. The predicted octanol–water partition coefficient (Wildman–Crippen LogP) is 0.614. The van der Waals surface area contributed by atoms with Crippen LogP contribution in [0.15, 0.2) is 9.63 Å². The third-order valence-electron chi connectivity index (χ3n) is 1.39. The van der Waals surface area contributed by atoms with E-state index in [-0.39, 0.29) is 16.2 Å². The van der Waals surface area contributed by atoms with Crippen molar-refractivity contribution >= 4 is 35.7 Å². The topological polar surface area (TPSA) is 74.1 Å². The van der Waals surface area contributed by atoms with Gasteiger partial charge in [-0.25, -0.2) is 13.1 Å². The van der Waals surface area contributed by atoms with Crippen LogP contribution < -0.4 is 0 Å². The Balaban J connectivity index is 3.07. The SMILES string of the molecule is COCCn1nnc(Br)c1S(=O)(=O)Cl. The lowest BCUT2D eigenvalue weighted by atomic mass is 10.7. The smallest absolute Gasteiger partial charge is 0.281 e. The molecule has 0 fully saturated rings. The number of halogens is 2. The Morgan fingerprint density at radius 3 is 2.79 bits per heavy atom. The van der Waals surface area contributed by atoms with E-state index in [0.717, 1.165) is 4.68 Å². The average Bonchev–Trinajstić information content (AvgIpc) is 2.42. The summed E-state index contributed by atoms with van der Waals surface area (Å²) in [5.74, 6) is 0. The highest BCUT2D eigenvalue weighted by Crippen LogP contribution is 2.22. The molecule has 9 heteroatoms. The van der Waals surface area contributed by atoms with Gasteiger partial charge in [-0.1, -0.05) is 5.21 Å². The lowest BCUT2D eigenvalue weighted by Crippen LogP contribution is -2.11. The van der Waals surface area contributed by atoms with Gasteiger partial charge in [-0.15, -0.1) is 5.10 Å². The van der Waals surface area contributed by atoms with E-state index in [1.807, 2.05) is 0 Å². The van der Waals surface area contributed by atoms with Crippen LogP contribution in [0, 0.1) is 0 Å². The van der Waals surface area contributed by atoms with Crippen molar-refractivity contribution in [3.8, 4) is 0 Å². The fraction of sp³-hybridized carbons (Fsp3) is 0.600. The molecule has 80 valence electrons. The van der Waals surface area contributed by atoms with Crippen LogP contribution >= 0.6 is 26.6 Å². The highest BCUT2D eigenvalue weighted by atomic mass is 79.9. The highest BCUT2D eigenvalue weighted by molar-refractivity contribution is 9.10. The predicted molar refractivity (Wildman–Crippen MR) is 52.6 cm³/mol. The average molecular weight is 305 g/mol. The van der Waals surface area contributed by atoms with E-state index in [9.17, 15) is 8.42 Å². The van der Waals surface area contributed by atoms with Crippen LogP contribution in [0.3, 0.4) is 0 Å². The fourth-order valence-electron chi connectivity index (χ4n) is 0.834. The third-order valence-corrected chi connectivity index (χ3v) is 3.49. The van der Waals surface area contributed by atoms with E-state index in [1.165, 1.54) is 7.11 Å². The van der Waals surface area contributed by atoms with Crippen LogP contribution in [-0.2, 0) is 20.3 Å². The van der Waals surface area contributed by atoms with E-state index in [2.05, 4.69) is 26.2 Å². The number of nitrogens with zero attached hydrogens (tertiary/aromatic N) is 3. The lowest BCUT2D eigenvalue weighted by Gasteiger charge is -2.02. The van der Waals surface area contributed by atoms with Gasteiger partial charge >= 0.3 is 0 Å². The first kappa shape index (κ1) is 11.9. The summed E-state index contributed by atoms with van der Waals surface area (Å²) in [6.45, 7) is 0.603. The molecule has 0 unspecified atom stereocenters. The van der Waals surface area contributed by atoms with Gasteiger partial charge in [0.1, 0.15) is 0 Å². The van der Waals surface area contributed by atoms with Gasteiger partial charge in [-0.2, -0.15) is 0 Å². The van der Waals surface area contributed by atoms with Crippen molar-refractivity contribution in [2.75, 3.05) is 13.7 Å². The van der Waals surface area contributed by atoms with Crippen molar-refractivity contribution in [3.05, 3.63) is 4.60 Å². The minimum absolute atomic E-state index is 0.101. The number of rotatable bonds is 4. The minimum Gasteiger partial charge on any atom is -0.383 e. The van der Waals surface area contributed by atoms with E-state index < -0.39 is 9.05 Å². The van der Waals surface area contributed by atoms with Gasteiger partial charge < -0.3 is 4.74 Å². The summed E-state index contributed by atoms with van der Waals surface area (Å²) < 4.78 is 28.2. The zero-order valence-electron chi connectivity index (χ0n) is 7.14. The maximum absolute atomic E-state index is 11.1. The van der Waals surface area contributed by atoms with Crippen molar-refractivity contribution in [1.82, 2.24) is 15.0 Å². The fourth-order valence-corrected chi connectivity index (χ4v) is 3.11. The first-order valence-electron chi connectivity index (χ1n) is 3.49. The molecule has 6 nitrogen and oxygen atoms in total. The molecular weight excluding hydrogens is 297 g/mol. The van der Waals surface area contributed by atoms with Crippen LogP contribution in [-0.4, -0.2) is 37.1 Å². The van der Waals surface area contributed by atoms with Crippen molar-refractivity contribution in [3.63, 3.8) is 0 Å². The van der Waals surface area contributed by atoms with E-state index in [1.54, 1.807) is 0 Å². The maximum atomic E-state index is 11.1. The Hall–Kier alpha value is -0.180. The molecule has 0 amide bonds. The molecule has 0 bridgehead atoms. The quantitative estimate of drug-likeness (QED) is 0.762.